The van der Waals surface area contributed by atoms with E-state index in [1.807, 2.05) is 32.0 Å². The molecule has 0 spiro atoms. The van der Waals surface area contributed by atoms with Crippen LogP contribution in [0.4, 0.5) is 5.69 Å². The van der Waals surface area contributed by atoms with Crippen LogP contribution in [-0.2, 0) is 9.59 Å². The average molecular weight is 411 g/mol. The van der Waals surface area contributed by atoms with Crippen molar-refractivity contribution in [1.29, 1.82) is 0 Å². The van der Waals surface area contributed by atoms with Crippen molar-refractivity contribution >= 4 is 52.5 Å². The molecule has 0 bridgehead atoms. The van der Waals surface area contributed by atoms with Crippen LogP contribution in [0.3, 0.4) is 0 Å². The lowest BCUT2D eigenvalue weighted by Gasteiger charge is -2.14. The van der Waals surface area contributed by atoms with Crippen LogP contribution in [0, 0.1) is 13.8 Å². The van der Waals surface area contributed by atoms with E-state index in [4.69, 9.17) is 23.2 Å². The number of para-hydroxylation sites is 1. The lowest BCUT2D eigenvalue weighted by molar-refractivity contribution is -0.123. The average Bonchev–Trinajstić information content (AvgIpc) is 2.59. The molecule has 2 amide bonds. The lowest BCUT2D eigenvalue weighted by atomic mass is 10.1. The molecule has 4 nitrogen and oxygen atoms in total. The van der Waals surface area contributed by atoms with Crippen LogP contribution in [-0.4, -0.2) is 23.6 Å². The third kappa shape index (κ3) is 5.66. The van der Waals surface area contributed by atoms with Crippen LogP contribution >= 0.6 is 35.0 Å². The Kier molecular flexibility index (Phi) is 7.38. The Balaban J connectivity index is 1.89. The number of carbonyl (C=O) groups excluding carboxylic acids is 2. The Labute approximate surface area is 167 Å². The number of nitrogens with one attached hydrogen (secondary N) is 2. The summed E-state index contributed by atoms with van der Waals surface area (Å²) in [7, 11) is 0. The fourth-order valence-corrected chi connectivity index (χ4v) is 3.75. The molecule has 0 saturated heterocycles. The normalized spacial score (nSPS) is 11.7. The molecular weight excluding hydrogens is 391 g/mol. The molecular formula is C19H20Cl2N2O2S. The minimum absolute atomic E-state index is 0.0964. The van der Waals surface area contributed by atoms with Crippen molar-refractivity contribution in [2.45, 2.75) is 30.9 Å². The van der Waals surface area contributed by atoms with Crippen LogP contribution in [0.2, 0.25) is 10.0 Å². The Morgan fingerprint density at radius 3 is 2.42 bits per heavy atom. The third-order valence-corrected chi connectivity index (χ3v) is 5.57. The van der Waals surface area contributed by atoms with Crippen LogP contribution < -0.4 is 10.6 Å². The summed E-state index contributed by atoms with van der Waals surface area (Å²) in [6.45, 7) is 5.50. The highest BCUT2D eigenvalue weighted by Gasteiger charge is 2.17. The Bertz CT molecular complexity index is 807. The number of hydrogen-bond donors (Lipinski definition) is 2. The summed E-state index contributed by atoms with van der Waals surface area (Å²) in [5.41, 5.74) is 2.73. The molecule has 7 heteroatoms. The highest BCUT2D eigenvalue weighted by atomic mass is 35.5. The van der Waals surface area contributed by atoms with Gasteiger partial charge in [-0.3, -0.25) is 9.59 Å². The van der Waals surface area contributed by atoms with Crippen molar-refractivity contribution in [2.24, 2.45) is 0 Å². The van der Waals surface area contributed by atoms with Gasteiger partial charge in [-0.1, -0.05) is 41.4 Å². The van der Waals surface area contributed by atoms with Crippen molar-refractivity contribution in [3.05, 3.63) is 57.6 Å². The van der Waals surface area contributed by atoms with Gasteiger partial charge in [0.15, 0.2) is 0 Å². The quantitative estimate of drug-likeness (QED) is 0.669. The molecule has 0 radical (unpaired) electrons. The molecule has 0 aliphatic heterocycles. The van der Waals surface area contributed by atoms with Crippen LogP contribution in [0.15, 0.2) is 41.3 Å². The number of amides is 2. The molecule has 1 atom stereocenters. The minimum atomic E-state index is -0.418. The second-order valence-electron chi connectivity index (χ2n) is 5.87. The van der Waals surface area contributed by atoms with E-state index < -0.39 is 5.25 Å². The van der Waals surface area contributed by atoms with E-state index in [9.17, 15) is 9.59 Å². The molecule has 0 aromatic heterocycles. The van der Waals surface area contributed by atoms with Crippen molar-refractivity contribution < 1.29 is 9.59 Å². The molecule has 1 unspecified atom stereocenters. The van der Waals surface area contributed by atoms with E-state index in [1.165, 1.54) is 11.8 Å². The number of anilines is 1. The van der Waals surface area contributed by atoms with Gasteiger partial charge in [-0.25, -0.2) is 0 Å². The van der Waals surface area contributed by atoms with Gasteiger partial charge in [0.25, 0.3) is 0 Å². The smallest absolute Gasteiger partial charge is 0.243 e. The molecule has 2 aromatic rings. The topological polar surface area (TPSA) is 58.2 Å². The first-order valence-electron chi connectivity index (χ1n) is 8.03. The first-order valence-corrected chi connectivity index (χ1v) is 9.67. The largest absolute Gasteiger partial charge is 0.346 e. The summed E-state index contributed by atoms with van der Waals surface area (Å²) in [6, 6.07) is 10.9. The number of thioether (sulfide) groups is 1. The second kappa shape index (κ2) is 9.31. The van der Waals surface area contributed by atoms with Gasteiger partial charge in [-0.15, -0.1) is 11.8 Å². The molecule has 2 aromatic carbocycles. The van der Waals surface area contributed by atoms with Gasteiger partial charge in [0.2, 0.25) is 11.8 Å². The summed E-state index contributed by atoms with van der Waals surface area (Å²) in [5, 5.41) is 6.16. The van der Waals surface area contributed by atoms with Crippen molar-refractivity contribution in [1.82, 2.24) is 5.32 Å². The van der Waals surface area contributed by atoms with Gasteiger partial charge < -0.3 is 10.6 Å². The van der Waals surface area contributed by atoms with Gasteiger partial charge in [0.05, 0.1) is 16.8 Å². The van der Waals surface area contributed by atoms with E-state index in [-0.39, 0.29) is 18.4 Å². The zero-order chi connectivity index (χ0) is 19.3. The van der Waals surface area contributed by atoms with Gasteiger partial charge in [-0.05, 0) is 50.1 Å². The maximum Gasteiger partial charge on any atom is 0.243 e. The van der Waals surface area contributed by atoms with E-state index in [0.717, 1.165) is 21.7 Å². The Morgan fingerprint density at radius 1 is 1.12 bits per heavy atom. The van der Waals surface area contributed by atoms with Gasteiger partial charge in [0.1, 0.15) is 0 Å². The number of halogens is 2. The number of rotatable bonds is 6. The van der Waals surface area contributed by atoms with E-state index >= 15 is 0 Å². The van der Waals surface area contributed by atoms with Crippen molar-refractivity contribution in [3.8, 4) is 0 Å². The number of carbonyl (C=O) groups is 2. The molecule has 0 aliphatic rings. The van der Waals surface area contributed by atoms with Crippen LogP contribution in [0.5, 0.6) is 0 Å². The maximum absolute atomic E-state index is 12.2. The van der Waals surface area contributed by atoms with E-state index in [2.05, 4.69) is 10.6 Å². The van der Waals surface area contributed by atoms with Gasteiger partial charge in [-0.2, -0.15) is 0 Å². The predicted octanol–water partition coefficient (Wildman–Crippen LogP) is 4.85. The number of benzene rings is 2. The van der Waals surface area contributed by atoms with Gasteiger partial charge in [0, 0.05) is 15.6 Å². The highest BCUT2D eigenvalue weighted by molar-refractivity contribution is 8.00. The molecule has 138 valence electrons. The first kappa shape index (κ1) is 20.6. The summed E-state index contributed by atoms with van der Waals surface area (Å²) >= 11 is 13.4. The first-order chi connectivity index (χ1) is 12.3. The monoisotopic (exact) mass is 410 g/mol. The molecule has 26 heavy (non-hydrogen) atoms. The fraction of sp³-hybridized carbons (Fsp3) is 0.263. The van der Waals surface area contributed by atoms with Crippen LogP contribution in [0.25, 0.3) is 0 Å². The summed E-state index contributed by atoms with van der Waals surface area (Å²) < 4.78 is 0. The predicted molar refractivity (Wildman–Crippen MR) is 109 cm³/mol. The summed E-state index contributed by atoms with van der Waals surface area (Å²) in [6.07, 6.45) is 0. The molecule has 2 rings (SSSR count). The molecule has 0 aliphatic carbocycles. The zero-order valence-corrected chi connectivity index (χ0v) is 17.1. The van der Waals surface area contributed by atoms with Crippen LogP contribution in [0.1, 0.15) is 18.1 Å². The number of hydrogen-bond acceptors (Lipinski definition) is 3. The van der Waals surface area contributed by atoms with E-state index in [1.54, 1.807) is 25.1 Å². The standard InChI is InChI=1S/C19H20Cl2N2O2S/c1-11-5-4-6-12(2)18(11)23-17(24)10-22-19(25)13(3)26-16-9-14(20)7-8-15(16)21/h4-9,13H,10H2,1-3H3,(H,22,25)(H,23,24). The highest BCUT2D eigenvalue weighted by Crippen LogP contribution is 2.32. The maximum atomic E-state index is 12.2. The zero-order valence-electron chi connectivity index (χ0n) is 14.7. The summed E-state index contributed by atoms with van der Waals surface area (Å²) in [5.74, 6) is -0.517. The minimum Gasteiger partial charge on any atom is -0.346 e. The molecule has 0 saturated carbocycles. The third-order valence-electron chi connectivity index (χ3n) is 3.73. The Morgan fingerprint density at radius 2 is 1.77 bits per heavy atom. The number of aryl methyl sites for hydroxylation is 2. The lowest BCUT2D eigenvalue weighted by Crippen LogP contribution is -2.37. The van der Waals surface area contributed by atoms with Gasteiger partial charge >= 0.3 is 0 Å². The Hall–Kier alpha value is -1.69. The van der Waals surface area contributed by atoms with Crippen molar-refractivity contribution in [3.63, 3.8) is 0 Å². The molecule has 0 heterocycles. The fourth-order valence-electron chi connectivity index (χ4n) is 2.32. The molecule has 2 N–H and O–H groups in total. The second-order valence-corrected chi connectivity index (χ2v) is 8.09. The van der Waals surface area contributed by atoms with Crippen molar-refractivity contribution in [2.75, 3.05) is 11.9 Å². The van der Waals surface area contributed by atoms with E-state index in [0.29, 0.717) is 10.0 Å². The SMILES string of the molecule is Cc1cccc(C)c1NC(=O)CNC(=O)C(C)Sc1cc(Cl)ccc1Cl. The summed E-state index contributed by atoms with van der Waals surface area (Å²) in [4.78, 5) is 25.1. The molecule has 0 fully saturated rings.